The van der Waals surface area contributed by atoms with E-state index < -0.39 is 16.9 Å². The van der Waals surface area contributed by atoms with E-state index in [4.69, 9.17) is 14.2 Å². The number of hydrogen-bond acceptors (Lipinski definition) is 7. The van der Waals surface area contributed by atoms with E-state index in [-0.39, 0.29) is 30.0 Å². The zero-order valence-corrected chi connectivity index (χ0v) is 16.2. The molecule has 0 bridgehead atoms. The number of non-ortho nitro benzene ring substituents is 1. The molecule has 0 aliphatic heterocycles. The van der Waals surface area contributed by atoms with Crippen LogP contribution in [0.25, 0.3) is 0 Å². The Kier molecular flexibility index (Phi) is 8.62. The van der Waals surface area contributed by atoms with Gasteiger partial charge in [0.2, 0.25) is 0 Å². The van der Waals surface area contributed by atoms with Crippen LogP contribution in [0.4, 0.5) is 5.69 Å². The Balaban J connectivity index is 1.84. The van der Waals surface area contributed by atoms with E-state index in [9.17, 15) is 19.7 Å². The van der Waals surface area contributed by atoms with Gasteiger partial charge >= 0.3 is 11.9 Å². The van der Waals surface area contributed by atoms with Crippen LogP contribution in [0.3, 0.4) is 0 Å². The minimum absolute atomic E-state index is 0.0398. The number of nitrogens with zero attached hydrogens (tertiary/aromatic N) is 1. The molecule has 0 saturated carbocycles. The van der Waals surface area contributed by atoms with Crippen molar-refractivity contribution in [2.45, 2.75) is 26.2 Å². The second-order valence-electron chi connectivity index (χ2n) is 6.12. The average Bonchev–Trinajstić information content (AvgIpc) is 2.74. The third-order valence-electron chi connectivity index (χ3n) is 3.98. The molecule has 2 aromatic carbocycles. The van der Waals surface area contributed by atoms with Crippen LogP contribution in [0.2, 0.25) is 0 Å². The van der Waals surface area contributed by atoms with Crippen molar-refractivity contribution in [3.05, 3.63) is 69.8 Å². The number of nitro groups is 1. The molecule has 0 aliphatic carbocycles. The number of nitro benzene ring substituents is 1. The number of carbonyl (C=O) groups is 2. The molecule has 8 heteroatoms. The lowest BCUT2D eigenvalue weighted by molar-refractivity contribution is -0.384. The van der Waals surface area contributed by atoms with Crippen molar-refractivity contribution in [2.24, 2.45) is 0 Å². The first-order chi connectivity index (χ1) is 14.0. The molecule has 0 spiro atoms. The van der Waals surface area contributed by atoms with Gasteiger partial charge in [-0.3, -0.25) is 10.1 Å². The molecule has 0 saturated heterocycles. The maximum atomic E-state index is 12.3. The second-order valence-corrected chi connectivity index (χ2v) is 6.12. The number of rotatable bonds is 11. The molecule has 0 fully saturated rings. The average molecular weight is 401 g/mol. The molecule has 8 nitrogen and oxygen atoms in total. The fourth-order valence-electron chi connectivity index (χ4n) is 2.47. The van der Waals surface area contributed by atoms with Crippen LogP contribution in [0.1, 0.15) is 46.9 Å². The SMILES string of the molecule is CCCCCOC(=O)c1ccccc1C(=O)OCCOc1ccc([N+](=O)[O-])cc1. The molecule has 29 heavy (non-hydrogen) atoms. The highest BCUT2D eigenvalue weighted by molar-refractivity contribution is 6.03. The van der Waals surface area contributed by atoms with Crippen LogP contribution in [-0.2, 0) is 9.47 Å². The monoisotopic (exact) mass is 401 g/mol. The van der Waals surface area contributed by atoms with Crippen molar-refractivity contribution in [1.29, 1.82) is 0 Å². The predicted octanol–water partition coefficient (Wildman–Crippen LogP) is 4.18. The van der Waals surface area contributed by atoms with Crippen molar-refractivity contribution in [2.75, 3.05) is 19.8 Å². The van der Waals surface area contributed by atoms with Gasteiger partial charge in [0.25, 0.3) is 5.69 Å². The molecule has 0 aliphatic rings. The van der Waals surface area contributed by atoms with E-state index in [2.05, 4.69) is 6.92 Å². The van der Waals surface area contributed by atoms with E-state index in [0.717, 1.165) is 19.3 Å². The van der Waals surface area contributed by atoms with Crippen LogP contribution in [0, 0.1) is 10.1 Å². The third kappa shape index (κ3) is 6.91. The van der Waals surface area contributed by atoms with Gasteiger partial charge < -0.3 is 14.2 Å². The summed E-state index contributed by atoms with van der Waals surface area (Å²) in [5, 5.41) is 10.6. The van der Waals surface area contributed by atoms with Gasteiger partial charge in [0.05, 0.1) is 22.7 Å². The fraction of sp³-hybridized carbons (Fsp3) is 0.333. The molecule has 154 valence electrons. The first kappa shape index (κ1) is 21.9. The van der Waals surface area contributed by atoms with Gasteiger partial charge in [-0.05, 0) is 30.7 Å². The van der Waals surface area contributed by atoms with Gasteiger partial charge in [-0.15, -0.1) is 0 Å². The molecule has 0 heterocycles. The van der Waals surface area contributed by atoms with Crippen LogP contribution in [0.5, 0.6) is 5.75 Å². The lowest BCUT2D eigenvalue weighted by Gasteiger charge is -2.10. The maximum Gasteiger partial charge on any atom is 0.339 e. The summed E-state index contributed by atoms with van der Waals surface area (Å²) in [6.45, 7) is 2.38. The predicted molar refractivity (Wildman–Crippen MR) is 105 cm³/mol. The highest BCUT2D eigenvalue weighted by Crippen LogP contribution is 2.17. The minimum Gasteiger partial charge on any atom is -0.490 e. The topological polar surface area (TPSA) is 105 Å². The highest BCUT2D eigenvalue weighted by Gasteiger charge is 2.19. The Hall–Kier alpha value is -3.42. The number of carbonyl (C=O) groups excluding carboxylic acids is 2. The zero-order chi connectivity index (χ0) is 21.1. The normalized spacial score (nSPS) is 10.2. The number of hydrogen-bond donors (Lipinski definition) is 0. The largest absolute Gasteiger partial charge is 0.490 e. The molecular formula is C21H23NO7. The smallest absolute Gasteiger partial charge is 0.339 e. The summed E-state index contributed by atoms with van der Waals surface area (Å²) >= 11 is 0. The molecular weight excluding hydrogens is 378 g/mol. The number of ether oxygens (including phenoxy) is 3. The van der Waals surface area contributed by atoms with Gasteiger partial charge in [-0.25, -0.2) is 9.59 Å². The summed E-state index contributed by atoms with van der Waals surface area (Å²) < 4.78 is 15.8. The van der Waals surface area contributed by atoms with Crippen molar-refractivity contribution in [3.8, 4) is 5.75 Å². The van der Waals surface area contributed by atoms with E-state index in [0.29, 0.717) is 12.4 Å². The van der Waals surface area contributed by atoms with E-state index in [1.165, 1.54) is 36.4 Å². The third-order valence-corrected chi connectivity index (χ3v) is 3.98. The van der Waals surface area contributed by atoms with E-state index in [1.54, 1.807) is 12.1 Å². The lowest BCUT2D eigenvalue weighted by Crippen LogP contribution is -2.17. The molecule has 0 unspecified atom stereocenters. The van der Waals surface area contributed by atoms with Gasteiger partial charge in [0, 0.05) is 12.1 Å². The highest BCUT2D eigenvalue weighted by atomic mass is 16.6. The van der Waals surface area contributed by atoms with E-state index in [1.807, 2.05) is 0 Å². The Bertz CT molecular complexity index is 833. The molecule has 0 aromatic heterocycles. The summed E-state index contributed by atoms with van der Waals surface area (Å²) in [4.78, 5) is 34.7. The lowest BCUT2D eigenvalue weighted by atomic mass is 10.1. The Labute approximate surface area is 168 Å². The van der Waals surface area contributed by atoms with Gasteiger partial charge in [0.1, 0.15) is 19.0 Å². The molecule has 0 atom stereocenters. The van der Waals surface area contributed by atoms with Gasteiger partial charge in [-0.2, -0.15) is 0 Å². The number of esters is 2. The summed E-state index contributed by atoms with van der Waals surface area (Å²) in [7, 11) is 0. The second kappa shape index (κ2) is 11.4. The zero-order valence-electron chi connectivity index (χ0n) is 16.2. The summed E-state index contributed by atoms with van der Waals surface area (Å²) in [6, 6.07) is 11.9. The van der Waals surface area contributed by atoms with Crippen LogP contribution < -0.4 is 4.74 Å². The standard InChI is InChI=1S/C21H23NO7/c1-2-3-6-13-28-20(23)18-7-4-5-8-19(18)21(24)29-15-14-27-17-11-9-16(10-12-17)22(25)26/h4-5,7-12H,2-3,6,13-15H2,1H3. The fourth-order valence-corrected chi connectivity index (χ4v) is 2.47. The Morgan fingerprint density at radius 3 is 2.00 bits per heavy atom. The molecule has 2 aromatic rings. The van der Waals surface area contributed by atoms with Crippen molar-refractivity contribution in [3.63, 3.8) is 0 Å². The van der Waals surface area contributed by atoms with Crippen molar-refractivity contribution in [1.82, 2.24) is 0 Å². The summed E-state index contributed by atoms with van der Waals surface area (Å²) in [5.74, 6) is -0.795. The van der Waals surface area contributed by atoms with Crippen LogP contribution in [-0.4, -0.2) is 36.7 Å². The molecule has 0 amide bonds. The molecule has 2 rings (SSSR count). The van der Waals surface area contributed by atoms with Crippen molar-refractivity contribution < 1.29 is 28.7 Å². The quantitative estimate of drug-likeness (QED) is 0.241. The number of benzene rings is 2. The van der Waals surface area contributed by atoms with Crippen molar-refractivity contribution >= 4 is 17.6 Å². The van der Waals surface area contributed by atoms with Gasteiger partial charge in [-0.1, -0.05) is 31.9 Å². The van der Waals surface area contributed by atoms with Gasteiger partial charge in [0.15, 0.2) is 0 Å². The molecule has 0 N–H and O–H groups in total. The first-order valence-electron chi connectivity index (χ1n) is 9.33. The van der Waals surface area contributed by atoms with Crippen LogP contribution >= 0.6 is 0 Å². The Morgan fingerprint density at radius 1 is 0.862 bits per heavy atom. The Morgan fingerprint density at radius 2 is 1.45 bits per heavy atom. The minimum atomic E-state index is -0.654. The number of unbranched alkanes of at least 4 members (excludes halogenated alkanes) is 2. The van der Waals surface area contributed by atoms with E-state index >= 15 is 0 Å². The summed E-state index contributed by atoms with van der Waals surface area (Å²) in [6.07, 6.45) is 2.75. The molecule has 0 radical (unpaired) electrons. The summed E-state index contributed by atoms with van der Waals surface area (Å²) in [5.41, 5.74) is 0.246. The maximum absolute atomic E-state index is 12.3. The first-order valence-corrected chi connectivity index (χ1v) is 9.33. The van der Waals surface area contributed by atoms with Crippen LogP contribution in [0.15, 0.2) is 48.5 Å².